The van der Waals surface area contributed by atoms with Gasteiger partial charge in [0.25, 0.3) is 11.7 Å². The van der Waals surface area contributed by atoms with Gasteiger partial charge in [-0.3, -0.25) is 9.59 Å². The Morgan fingerprint density at radius 1 is 1.16 bits per heavy atom. The number of rotatable bonds is 8. The normalized spacial score (nSPS) is 18.1. The first kappa shape index (κ1) is 22.5. The third-order valence-corrected chi connectivity index (χ3v) is 5.15. The second-order valence-corrected chi connectivity index (χ2v) is 7.66. The fourth-order valence-corrected chi connectivity index (χ4v) is 3.71. The van der Waals surface area contributed by atoms with Gasteiger partial charge in [0.05, 0.1) is 18.2 Å². The summed E-state index contributed by atoms with van der Waals surface area (Å²) < 4.78 is 19.0. The second kappa shape index (κ2) is 9.75. The van der Waals surface area contributed by atoms with E-state index < -0.39 is 23.5 Å². The van der Waals surface area contributed by atoms with Gasteiger partial charge in [0.1, 0.15) is 17.3 Å². The molecule has 0 spiro atoms. The first-order chi connectivity index (χ1) is 14.8. The Hall–Kier alpha value is -3.19. The predicted octanol–water partition coefficient (Wildman–Crippen LogP) is 3.60. The second-order valence-electron chi connectivity index (χ2n) is 7.66. The van der Waals surface area contributed by atoms with Crippen molar-refractivity contribution in [2.24, 2.45) is 0 Å². The molecule has 6 nitrogen and oxygen atoms in total. The minimum atomic E-state index is -0.793. The number of aliphatic hydroxyl groups excluding tert-OH is 1. The maximum atomic E-state index is 13.5. The lowest BCUT2D eigenvalue weighted by Crippen LogP contribution is -2.32. The first-order valence-electron chi connectivity index (χ1n) is 10.2. The van der Waals surface area contributed by atoms with E-state index in [4.69, 9.17) is 4.74 Å². The van der Waals surface area contributed by atoms with E-state index in [1.165, 1.54) is 29.2 Å². The number of Topliss-reactive ketones (excluding diaryl/α,β-unsaturated/α-hetero) is 1. The number of aliphatic hydroxyl groups is 1. The number of amides is 1. The number of ketones is 1. The molecule has 0 radical (unpaired) electrons. The van der Waals surface area contributed by atoms with E-state index in [2.05, 4.69) is 0 Å². The van der Waals surface area contributed by atoms with Gasteiger partial charge in [0.15, 0.2) is 0 Å². The molecule has 0 saturated carbocycles. The van der Waals surface area contributed by atoms with Gasteiger partial charge in [-0.05, 0) is 63.8 Å². The van der Waals surface area contributed by atoms with Gasteiger partial charge in [-0.15, -0.1) is 0 Å². The molecular weight excluding hydrogens is 399 g/mol. The van der Waals surface area contributed by atoms with Crippen LogP contribution in [0.3, 0.4) is 0 Å². The maximum absolute atomic E-state index is 13.5. The van der Waals surface area contributed by atoms with Crippen molar-refractivity contribution in [1.82, 2.24) is 9.80 Å². The molecule has 1 atom stereocenters. The van der Waals surface area contributed by atoms with Crippen LogP contribution in [0.25, 0.3) is 5.76 Å². The Balaban J connectivity index is 2.08. The quantitative estimate of drug-likeness (QED) is 0.397. The topological polar surface area (TPSA) is 70.1 Å². The van der Waals surface area contributed by atoms with Gasteiger partial charge in [-0.25, -0.2) is 4.39 Å². The summed E-state index contributed by atoms with van der Waals surface area (Å²) >= 11 is 0. The summed E-state index contributed by atoms with van der Waals surface area (Å²) in [4.78, 5) is 29.3. The lowest BCUT2D eigenvalue weighted by molar-refractivity contribution is -0.139. The molecule has 0 bridgehead atoms. The summed E-state index contributed by atoms with van der Waals surface area (Å²) in [5, 5.41) is 11.1. The summed E-state index contributed by atoms with van der Waals surface area (Å²) in [5.41, 5.74) is 0.937. The van der Waals surface area contributed by atoms with Crippen molar-refractivity contribution in [1.29, 1.82) is 0 Å². The minimum Gasteiger partial charge on any atom is -0.507 e. The highest BCUT2D eigenvalue weighted by Gasteiger charge is 2.45. The fourth-order valence-electron chi connectivity index (χ4n) is 3.71. The average Bonchev–Trinajstić information content (AvgIpc) is 2.99. The van der Waals surface area contributed by atoms with Crippen LogP contribution < -0.4 is 4.74 Å². The van der Waals surface area contributed by atoms with Gasteiger partial charge in [-0.1, -0.05) is 24.3 Å². The number of hydrogen-bond donors (Lipinski definition) is 1. The van der Waals surface area contributed by atoms with Crippen LogP contribution >= 0.6 is 0 Å². The maximum Gasteiger partial charge on any atom is 0.295 e. The van der Waals surface area contributed by atoms with E-state index in [1.54, 1.807) is 24.3 Å². The summed E-state index contributed by atoms with van der Waals surface area (Å²) in [5.74, 6) is -1.57. The highest BCUT2D eigenvalue weighted by Crippen LogP contribution is 2.39. The van der Waals surface area contributed by atoms with Crippen LogP contribution in [0, 0.1) is 5.82 Å². The minimum absolute atomic E-state index is 0.00453. The summed E-state index contributed by atoms with van der Waals surface area (Å²) in [6, 6.07) is 11.6. The number of carbonyl (C=O) groups excluding carboxylic acids is 2. The zero-order valence-electron chi connectivity index (χ0n) is 18.0. The van der Waals surface area contributed by atoms with Crippen LogP contribution in [-0.2, 0) is 9.59 Å². The summed E-state index contributed by atoms with van der Waals surface area (Å²) in [7, 11) is 3.86. The van der Waals surface area contributed by atoms with Gasteiger partial charge in [0, 0.05) is 12.1 Å². The van der Waals surface area contributed by atoms with Gasteiger partial charge in [0.2, 0.25) is 0 Å². The molecule has 1 aliphatic heterocycles. The fraction of sp³-hybridized carbons (Fsp3) is 0.333. The third kappa shape index (κ3) is 4.94. The number of ether oxygens (including phenoxy) is 1. The molecule has 164 valence electrons. The molecule has 1 N–H and O–H groups in total. The average molecular weight is 426 g/mol. The Morgan fingerprint density at radius 3 is 2.52 bits per heavy atom. The van der Waals surface area contributed by atoms with E-state index in [0.717, 1.165) is 6.54 Å². The Kier molecular flexibility index (Phi) is 7.07. The number of benzene rings is 2. The van der Waals surface area contributed by atoms with Crippen LogP contribution in [0.1, 0.15) is 30.5 Å². The largest absolute Gasteiger partial charge is 0.507 e. The molecule has 7 heteroatoms. The molecule has 1 heterocycles. The molecule has 3 rings (SSSR count). The zero-order valence-corrected chi connectivity index (χ0v) is 18.0. The van der Waals surface area contributed by atoms with Crippen LogP contribution in [0.4, 0.5) is 4.39 Å². The molecule has 1 saturated heterocycles. The number of halogens is 1. The highest BCUT2D eigenvalue weighted by molar-refractivity contribution is 6.46. The molecule has 2 aromatic carbocycles. The summed E-state index contributed by atoms with van der Waals surface area (Å²) in [6.45, 7) is 3.37. The van der Waals surface area contributed by atoms with Crippen molar-refractivity contribution in [2.45, 2.75) is 19.4 Å². The van der Waals surface area contributed by atoms with Crippen molar-refractivity contribution in [3.63, 3.8) is 0 Å². The molecule has 1 aliphatic rings. The summed E-state index contributed by atoms with van der Waals surface area (Å²) in [6.07, 6.45) is 0.650. The standard InChI is InChI=1S/C24H27FN2O4/c1-4-31-19-8-5-7-17(15-19)22(28)20-21(16-9-11-18(25)12-10-16)27(24(30)23(20)29)14-6-13-26(2)3/h5,7-12,15,21,28H,4,6,13-14H2,1-3H3/b22-20-. The number of likely N-dealkylation sites (tertiary alicyclic amines) is 1. The van der Waals surface area contributed by atoms with Crippen molar-refractivity contribution in [2.75, 3.05) is 33.8 Å². The van der Waals surface area contributed by atoms with Crippen molar-refractivity contribution in [3.8, 4) is 5.75 Å². The smallest absolute Gasteiger partial charge is 0.295 e. The monoisotopic (exact) mass is 426 g/mol. The third-order valence-electron chi connectivity index (χ3n) is 5.15. The molecule has 0 aromatic heterocycles. The predicted molar refractivity (Wildman–Crippen MR) is 116 cm³/mol. The van der Waals surface area contributed by atoms with Gasteiger partial charge >= 0.3 is 0 Å². The molecule has 1 amide bonds. The SMILES string of the molecule is CCOc1cccc(/C(O)=C2/C(=O)C(=O)N(CCCN(C)C)C2c2ccc(F)cc2)c1. The van der Waals surface area contributed by atoms with Crippen molar-refractivity contribution in [3.05, 3.63) is 71.0 Å². The molecule has 1 fully saturated rings. The van der Waals surface area contributed by atoms with E-state index in [-0.39, 0.29) is 11.3 Å². The Morgan fingerprint density at radius 2 is 1.87 bits per heavy atom. The Bertz CT molecular complexity index is 985. The van der Waals surface area contributed by atoms with Crippen molar-refractivity contribution < 1.29 is 23.8 Å². The number of carbonyl (C=O) groups is 2. The number of nitrogens with zero attached hydrogens (tertiary/aromatic N) is 2. The van der Waals surface area contributed by atoms with E-state index in [1.807, 2.05) is 25.9 Å². The zero-order chi connectivity index (χ0) is 22.5. The van der Waals surface area contributed by atoms with E-state index in [0.29, 0.717) is 36.4 Å². The molecule has 31 heavy (non-hydrogen) atoms. The molecule has 1 unspecified atom stereocenters. The highest BCUT2D eigenvalue weighted by atomic mass is 19.1. The van der Waals surface area contributed by atoms with Gasteiger partial charge in [-0.2, -0.15) is 0 Å². The molecule has 2 aromatic rings. The van der Waals surface area contributed by atoms with Crippen LogP contribution in [0.5, 0.6) is 5.75 Å². The van der Waals surface area contributed by atoms with E-state index >= 15 is 0 Å². The number of hydrogen-bond acceptors (Lipinski definition) is 5. The lowest BCUT2D eigenvalue weighted by atomic mass is 9.95. The first-order valence-corrected chi connectivity index (χ1v) is 10.2. The molecule has 0 aliphatic carbocycles. The molecular formula is C24H27FN2O4. The van der Waals surface area contributed by atoms with Crippen LogP contribution in [0.15, 0.2) is 54.1 Å². The lowest BCUT2D eigenvalue weighted by Gasteiger charge is -2.26. The van der Waals surface area contributed by atoms with Crippen LogP contribution in [0.2, 0.25) is 0 Å². The van der Waals surface area contributed by atoms with Crippen LogP contribution in [-0.4, -0.2) is 60.4 Å². The van der Waals surface area contributed by atoms with E-state index in [9.17, 15) is 19.1 Å². The van der Waals surface area contributed by atoms with Crippen molar-refractivity contribution >= 4 is 17.4 Å². The Labute approximate surface area is 181 Å². The van der Waals surface area contributed by atoms with Gasteiger partial charge < -0.3 is 19.6 Å².